The van der Waals surface area contributed by atoms with E-state index in [1.807, 2.05) is 24.3 Å². The Balaban J connectivity index is 1.44. The first-order valence-corrected chi connectivity index (χ1v) is 11.4. The third-order valence-corrected chi connectivity index (χ3v) is 5.52. The molecular formula is C28H31O8+. The van der Waals surface area contributed by atoms with Gasteiger partial charge in [0.15, 0.2) is 5.78 Å². The number of carbonyl (C=O) groups excluding carboxylic acids is 2. The van der Waals surface area contributed by atoms with Crippen LogP contribution in [0.15, 0.2) is 66.7 Å². The molecule has 3 aromatic rings. The fourth-order valence-electron chi connectivity index (χ4n) is 3.50. The van der Waals surface area contributed by atoms with Crippen LogP contribution in [0.3, 0.4) is 0 Å². The summed E-state index contributed by atoms with van der Waals surface area (Å²) in [7, 11) is 4.50. The molecule has 3 aromatic carbocycles. The van der Waals surface area contributed by atoms with E-state index < -0.39 is 12.1 Å². The van der Waals surface area contributed by atoms with E-state index >= 15 is 0 Å². The fourth-order valence-corrected chi connectivity index (χ4v) is 3.50. The fraction of sp³-hybridized carbons (Fsp3) is 0.286. The number of carbonyl (C=O) groups is 2. The minimum atomic E-state index is -0.758. The molecule has 0 aliphatic rings. The molecule has 0 spiro atoms. The van der Waals surface area contributed by atoms with Crippen LogP contribution in [0.1, 0.15) is 27.9 Å². The van der Waals surface area contributed by atoms with Crippen LogP contribution in [0.4, 0.5) is 0 Å². The molecule has 0 aliphatic carbocycles. The molecule has 1 atom stereocenters. The SMILES string of the molecule is COc1ccc(C(=O)c2ccc(OCCCOc3ccc(C[C@H](OC)C(=O)[OH2+])cc3)cc2)c(OC)c1. The summed E-state index contributed by atoms with van der Waals surface area (Å²) in [5.41, 5.74) is 1.88. The molecule has 190 valence electrons. The Kier molecular flexibility index (Phi) is 9.71. The maximum atomic E-state index is 12.9. The van der Waals surface area contributed by atoms with Gasteiger partial charge in [0, 0.05) is 36.4 Å². The van der Waals surface area contributed by atoms with E-state index in [0.29, 0.717) is 60.2 Å². The maximum absolute atomic E-state index is 12.9. The van der Waals surface area contributed by atoms with Crippen LogP contribution >= 0.6 is 0 Å². The number of rotatable bonds is 14. The molecular weight excluding hydrogens is 464 g/mol. The van der Waals surface area contributed by atoms with Gasteiger partial charge >= 0.3 is 5.97 Å². The van der Waals surface area contributed by atoms with Crippen LogP contribution in [0.5, 0.6) is 23.0 Å². The Morgan fingerprint density at radius 3 is 1.89 bits per heavy atom. The normalized spacial score (nSPS) is 11.4. The summed E-state index contributed by atoms with van der Waals surface area (Å²) in [6, 6.07) is 19.4. The van der Waals surface area contributed by atoms with Gasteiger partial charge in [-0.1, -0.05) is 12.1 Å². The van der Waals surface area contributed by atoms with E-state index in [1.54, 1.807) is 49.6 Å². The van der Waals surface area contributed by atoms with E-state index in [-0.39, 0.29) is 5.78 Å². The molecule has 0 saturated heterocycles. The first kappa shape index (κ1) is 26.6. The van der Waals surface area contributed by atoms with Crippen LogP contribution < -0.4 is 18.9 Å². The van der Waals surface area contributed by atoms with Crippen molar-refractivity contribution in [2.24, 2.45) is 0 Å². The summed E-state index contributed by atoms with van der Waals surface area (Å²) in [6.07, 6.45) is 0.265. The second-order valence-electron chi connectivity index (χ2n) is 7.91. The van der Waals surface area contributed by atoms with Crippen molar-refractivity contribution >= 4 is 11.8 Å². The zero-order valence-electron chi connectivity index (χ0n) is 20.6. The average molecular weight is 496 g/mol. The number of ether oxygens (including phenoxy) is 5. The first-order valence-electron chi connectivity index (χ1n) is 11.4. The number of methoxy groups -OCH3 is 3. The summed E-state index contributed by atoms with van der Waals surface area (Å²) >= 11 is 0. The molecule has 8 nitrogen and oxygen atoms in total. The van der Waals surface area contributed by atoms with Crippen LogP contribution in [0, 0.1) is 0 Å². The van der Waals surface area contributed by atoms with Crippen molar-refractivity contribution in [3.05, 3.63) is 83.4 Å². The second-order valence-corrected chi connectivity index (χ2v) is 7.91. The molecule has 0 fully saturated rings. The van der Waals surface area contributed by atoms with E-state index in [4.69, 9.17) is 28.8 Å². The number of benzene rings is 3. The van der Waals surface area contributed by atoms with Crippen LogP contribution in [-0.2, 0) is 16.0 Å². The molecule has 0 amide bonds. The summed E-state index contributed by atoms with van der Waals surface area (Å²) in [5, 5.41) is 7.19. The Hall–Kier alpha value is -4.04. The molecule has 0 saturated carbocycles. The smallest absolute Gasteiger partial charge is 0.545 e. The summed E-state index contributed by atoms with van der Waals surface area (Å²) in [6.45, 7) is 0.928. The molecule has 0 unspecified atom stereocenters. The molecule has 0 bridgehead atoms. The van der Waals surface area contributed by atoms with Crippen molar-refractivity contribution < 1.29 is 38.4 Å². The Morgan fingerprint density at radius 1 is 0.778 bits per heavy atom. The standard InChI is InChI=1S/C28H30O8/c1-32-23-13-14-24(25(18-23)33-2)27(29)20-7-11-22(12-8-20)36-16-4-15-35-21-9-5-19(6-10-21)17-26(34-3)28(30)31/h5-14,18,26H,4,15-17H2,1-3H3,(H,30,31)/p+1/t26-/m0/s1. The lowest BCUT2D eigenvalue weighted by molar-refractivity contribution is -0.148. The number of hydrogen-bond donors (Lipinski definition) is 0. The summed E-state index contributed by atoms with van der Waals surface area (Å²) in [5.74, 6) is 1.56. The number of hydrogen-bond acceptors (Lipinski definition) is 7. The highest BCUT2D eigenvalue weighted by Crippen LogP contribution is 2.27. The molecule has 0 radical (unpaired) electrons. The lowest BCUT2D eigenvalue weighted by Gasteiger charge is -2.11. The van der Waals surface area contributed by atoms with Gasteiger partial charge in [-0.25, -0.2) is 0 Å². The van der Waals surface area contributed by atoms with E-state index in [2.05, 4.69) is 0 Å². The van der Waals surface area contributed by atoms with Crippen molar-refractivity contribution in [2.75, 3.05) is 34.5 Å². The third kappa shape index (κ3) is 7.23. The van der Waals surface area contributed by atoms with E-state index in [0.717, 1.165) is 5.56 Å². The lowest BCUT2D eigenvalue weighted by atomic mass is 10.0. The molecule has 3 rings (SSSR count). The van der Waals surface area contributed by atoms with Gasteiger partial charge in [0.1, 0.15) is 23.0 Å². The molecule has 0 heterocycles. The van der Waals surface area contributed by atoms with Crippen LogP contribution in [-0.4, -0.2) is 57.5 Å². The maximum Gasteiger partial charge on any atom is 0.545 e. The topological polar surface area (TPSA) is 103 Å². The summed E-state index contributed by atoms with van der Waals surface area (Å²) in [4.78, 5) is 24.1. The third-order valence-electron chi connectivity index (χ3n) is 5.52. The molecule has 36 heavy (non-hydrogen) atoms. The van der Waals surface area contributed by atoms with Crippen LogP contribution in [0.25, 0.3) is 0 Å². The van der Waals surface area contributed by atoms with Crippen molar-refractivity contribution in [1.29, 1.82) is 0 Å². The van der Waals surface area contributed by atoms with Gasteiger partial charge in [0.25, 0.3) is 0 Å². The van der Waals surface area contributed by atoms with Crippen molar-refractivity contribution in [2.45, 2.75) is 18.9 Å². The van der Waals surface area contributed by atoms with Gasteiger partial charge in [-0.05, 0) is 54.1 Å². The highest BCUT2D eigenvalue weighted by atomic mass is 16.5. The van der Waals surface area contributed by atoms with Crippen molar-refractivity contribution in [3.63, 3.8) is 0 Å². The van der Waals surface area contributed by atoms with Gasteiger partial charge in [0.05, 0.1) is 33.0 Å². The molecule has 8 heteroatoms. The predicted molar refractivity (Wildman–Crippen MR) is 135 cm³/mol. The largest absolute Gasteiger partial charge is 0.563 e. The van der Waals surface area contributed by atoms with Crippen molar-refractivity contribution in [1.82, 2.24) is 0 Å². The quantitative estimate of drug-likeness (QED) is 0.191. The highest BCUT2D eigenvalue weighted by Gasteiger charge is 2.24. The Labute approximate surface area is 210 Å². The molecule has 0 aromatic heterocycles. The number of ketones is 1. The van der Waals surface area contributed by atoms with Gasteiger partial charge in [-0.15, -0.1) is 0 Å². The minimum absolute atomic E-state index is 0.149. The predicted octanol–water partition coefficient (Wildman–Crippen LogP) is 3.59. The monoisotopic (exact) mass is 495 g/mol. The lowest BCUT2D eigenvalue weighted by Crippen LogP contribution is -2.24. The minimum Gasteiger partial charge on any atom is -0.563 e. The van der Waals surface area contributed by atoms with Gasteiger partial charge in [-0.2, -0.15) is 0 Å². The average Bonchev–Trinajstić information content (AvgIpc) is 2.91. The van der Waals surface area contributed by atoms with E-state index in [1.165, 1.54) is 14.2 Å². The summed E-state index contributed by atoms with van der Waals surface area (Å²) < 4.78 is 27.0. The van der Waals surface area contributed by atoms with Gasteiger partial charge in [0.2, 0.25) is 6.10 Å². The van der Waals surface area contributed by atoms with Crippen molar-refractivity contribution in [3.8, 4) is 23.0 Å². The van der Waals surface area contributed by atoms with Gasteiger partial charge in [-0.3, -0.25) is 4.79 Å². The van der Waals surface area contributed by atoms with E-state index in [9.17, 15) is 9.59 Å². The Morgan fingerprint density at radius 2 is 1.36 bits per heavy atom. The Bertz CT molecular complexity index is 1140. The zero-order chi connectivity index (χ0) is 25.9. The zero-order valence-corrected chi connectivity index (χ0v) is 20.6. The van der Waals surface area contributed by atoms with Gasteiger partial charge < -0.3 is 28.8 Å². The molecule has 2 N–H and O–H groups in total. The second kappa shape index (κ2) is 13.2. The molecule has 0 aliphatic heterocycles. The first-order chi connectivity index (χ1) is 17.4. The van der Waals surface area contributed by atoms with Crippen LogP contribution in [0.2, 0.25) is 0 Å². The highest BCUT2D eigenvalue weighted by molar-refractivity contribution is 6.10.